The predicted molar refractivity (Wildman–Crippen MR) is 81.6 cm³/mol. The summed E-state index contributed by atoms with van der Waals surface area (Å²) in [5.41, 5.74) is 1.53. The first kappa shape index (κ1) is 15.6. The lowest BCUT2D eigenvalue weighted by molar-refractivity contribution is -0.139. The van der Waals surface area contributed by atoms with Crippen molar-refractivity contribution >= 4 is 11.9 Å². The van der Waals surface area contributed by atoms with Gasteiger partial charge in [0, 0.05) is 5.56 Å². The van der Waals surface area contributed by atoms with Crippen LogP contribution < -0.4 is 10.1 Å². The Hall–Kier alpha value is -2.82. The van der Waals surface area contributed by atoms with Crippen LogP contribution in [0.2, 0.25) is 0 Å². The second-order valence-corrected chi connectivity index (χ2v) is 4.56. The van der Waals surface area contributed by atoms with Crippen LogP contribution in [0.3, 0.4) is 0 Å². The van der Waals surface area contributed by atoms with Crippen LogP contribution in [0.5, 0.6) is 5.75 Å². The minimum absolute atomic E-state index is 0.151. The summed E-state index contributed by atoms with van der Waals surface area (Å²) in [7, 11) is 1.27. The molecule has 0 aliphatic heterocycles. The van der Waals surface area contributed by atoms with Gasteiger partial charge in [-0.25, -0.2) is 0 Å². The highest BCUT2D eigenvalue weighted by Crippen LogP contribution is 2.14. The molecule has 0 saturated heterocycles. The Bertz CT molecular complexity index is 623. The standard InChI is InChI=1S/C17H17NO4/c1-21-16(19)11-18-17(20)14-7-9-15(10-8-14)22-12-13-5-3-2-4-6-13/h2-10H,11-12H2,1H3,(H,18,20). The molecular formula is C17H17NO4. The Kier molecular flexibility index (Phi) is 5.54. The van der Waals surface area contributed by atoms with E-state index in [2.05, 4.69) is 10.1 Å². The van der Waals surface area contributed by atoms with Crippen LogP contribution in [0.25, 0.3) is 0 Å². The van der Waals surface area contributed by atoms with Crippen LogP contribution in [-0.4, -0.2) is 25.5 Å². The molecule has 1 amide bonds. The number of carbonyl (C=O) groups excluding carboxylic acids is 2. The van der Waals surface area contributed by atoms with Crippen molar-refractivity contribution in [2.45, 2.75) is 6.61 Å². The molecule has 1 N–H and O–H groups in total. The number of ether oxygens (including phenoxy) is 2. The number of hydrogen-bond donors (Lipinski definition) is 1. The molecule has 5 nitrogen and oxygen atoms in total. The van der Waals surface area contributed by atoms with E-state index in [-0.39, 0.29) is 12.5 Å². The maximum absolute atomic E-state index is 11.8. The van der Waals surface area contributed by atoms with Gasteiger partial charge in [0.1, 0.15) is 18.9 Å². The molecule has 22 heavy (non-hydrogen) atoms. The van der Waals surface area contributed by atoms with E-state index >= 15 is 0 Å². The van der Waals surface area contributed by atoms with Crippen LogP contribution in [0, 0.1) is 0 Å². The molecule has 0 unspecified atom stereocenters. The maximum atomic E-state index is 11.8. The Morgan fingerprint density at radius 3 is 2.32 bits per heavy atom. The lowest BCUT2D eigenvalue weighted by Gasteiger charge is -2.07. The summed E-state index contributed by atoms with van der Waals surface area (Å²) in [5, 5.41) is 2.47. The molecule has 0 aliphatic carbocycles. The van der Waals surface area contributed by atoms with Crippen molar-refractivity contribution in [2.75, 3.05) is 13.7 Å². The molecule has 0 atom stereocenters. The van der Waals surface area contributed by atoms with Gasteiger partial charge in [-0.1, -0.05) is 30.3 Å². The van der Waals surface area contributed by atoms with Gasteiger partial charge < -0.3 is 14.8 Å². The van der Waals surface area contributed by atoms with Gasteiger partial charge in [-0.15, -0.1) is 0 Å². The summed E-state index contributed by atoms with van der Waals surface area (Å²) in [4.78, 5) is 22.8. The van der Waals surface area contributed by atoms with E-state index in [1.807, 2.05) is 30.3 Å². The van der Waals surface area contributed by atoms with Gasteiger partial charge in [-0.2, -0.15) is 0 Å². The number of amides is 1. The summed E-state index contributed by atoms with van der Waals surface area (Å²) in [6.07, 6.45) is 0. The summed E-state index contributed by atoms with van der Waals surface area (Å²) in [6.45, 7) is 0.316. The number of esters is 1. The van der Waals surface area contributed by atoms with Gasteiger partial charge in [0.05, 0.1) is 7.11 Å². The molecule has 2 aromatic rings. The lowest BCUT2D eigenvalue weighted by atomic mass is 10.2. The number of hydrogen-bond acceptors (Lipinski definition) is 4. The van der Waals surface area contributed by atoms with E-state index in [1.54, 1.807) is 24.3 Å². The zero-order valence-corrected chi connectivity index (χ0v) is 12.2. The molecule has 0 saturated carbocycles. The summed E-state index contributed by atoms with van der Waals surface area (Å²) >= 11 is 0. The second kappa shape index (κ2) is 7.83. The van der Waals surface area contributed by atoms with E-state index < -0.39 is 5.97 Å². The van der Waals surface area contributed by atoms with Crippen LogP contribution in [0.4, 0.5) is 0 Å². The summed E-state index contributed by atoms with van der Waals surface area (Å²) < 4.78 is 10.1. The van der Waals surface area contributed by atoms with E-state index in [0.717, 1.165) is 5.56 Å². The monoisotopic (exact) mass is 299 g/mol. The minimum Gasteiger partial charge on any atom is -0.489 e. The largest absolute Gasteiger partial charge is 0.489 e. The Morgan fingerprint density at radius 2 is 1.68 bits per heavy atom. The zero-order valence-electron chi connectivity index (χ0n) is 12.2. The van der Waals surface area contributed by atoms with Crippen LogP contribution in [-0.2, 0) is 16.1 Å². The molecule has 2 aromatic carbocycles. The van der Waals surface area contributed by atoms with E-state index in [4.69, 9.17) is 4.74 Å². The summed E-state index contributed by atoms with van der Waals surface area (Å²) in [6, 6.07) is 16.5. The van der Waals surface area contributed by atoms with Gasteiger partial charge in [0.25, 0.3) is 5.91 Å². The highest BCUT2D eigenvalue weighted by atomic mass is 16.5. The molecule has 0 fully saturated rings. The maximum Gasteiger partial charge on any atom is 0.325 e. The number of benzene rings is 2. The van der Waals surface area contributed by atoms with E-state index in [0.29, 0.717) is 17.9 Å². The Morgan fingerprint density at radius 1 is 1.00 bits per heavy atom. The molecule has 0 heterocycles. The van der Waals surface area contributed by atoms with Gasteiger partial charge in [0.2, 0.25) is 0 Å². The second-order valence-electron chi connectivity index (χ2n) is 4.56. The van der Waals surface area contributed by atoms with Crippen molar-refractivity contribution in [3.05, 3.63) is 65.7 Å². The van der Waals surface area contributed by atoms with Gasteiger partial charge >= 0.3 is 5.97 Å². The number of nitrogens with one attached hydrogen (secondary N) is 1. The highest BCUT2D eigenvalue weighted by molar-refractivity contribution is 5.95. The number of carbonyl (C=O) groups is 2. The number of methoxy groups -OCH3 is 1. The Balaban J connectivity index is 1.87. The van der Waals surface area contributed by atoms with Crippen LogP contribution in [0.1, 0.15) is 15.9 Å². The molecule has 0 aromatic heterocycles. The first-order valence-electron chi connectivity index (χ1n) is 6.81. The van der Waals surface area contributed by atoms with Gasteiger partial charge in [-0.05, 0) is 29.8 Å². The smallest absolute Gasteiger partial charge is 0.325 e. The summed E-state index contributed by atoms with van der Waals surface area (Å²) in [5.74, 6) is -0.149. The molecule has 0 aliphatic rings. The molecule has 5 heteroatoms. The minimum atomic E-state index is -0.490. The molecule has 0 bridgehead atoms. The zero-order chi connectivity index (χ0) is 15.8. The van der Waals surface area contributed by atoms with Crippen molar-refractivity contribution < 1.29 is 19.1 Å². The third-order valence-corrected chi connectivity index (χ3v) is 2.99. The van der Waals surface area contributed by atoms with Crippen molar-refractivity contribution in [1.29, 1.82) is 0 Å². The SMILES string of the molecule is COC(=O)CNC(=O)c1ccc(OCc2ccccc2)cc1. The van der Waals surface area contributed by atoms with Crippen molar-refractivity contribution in [2.24, 2.45) is 0 Å². The first-order chi connectivity index (χ1) is 10.7. The average molecular weight is 299 g/mol. The average Bonchev–Trinajstić information content (AvgIpc) is 2.59. The van der Waals surface area contributed by atoms with Crippen LogP contribution in [0.15, 0.2) is 54.6 Å². The van der Waals surface area contributed by atoms with Crippen molar-refractivity contribution in [3.8, 4) is 5.75 Å². The van der Waals surface area contributed by atoms with Crippen molar-refractivity contribution in [3.63, 3.8) is 0 Å². The third-order valence-electron chi connectivity index (χ3n) is 2.99. The van der Waals surface area contributed by atoms with E-state index in [9.17, 15) is 9.59 Å². The van der Waals surface area contributed by atoms with Gasteiger partial charge in [0.15, 0.2) is 0 Å². The molecule has 114 valence electrons. The fourth-order valence-corrected chi connectivity index (χ4v) is 1.77. The molecular weight excluding hydrogens is 282 g/mol. The quantitative estimate of drug-likeness (QED) is 0.830. The topological polar surface area (TPSA) is 64.6 Å². The molecule has 2 rings (SSSR count). The molecule has 0 radical (unpaired) electrons. The predicted octanol–water partition coefficient (Wildman–Crippen LogP) is 2.17. The highest BCUT2D eigenvalue weighted by Gasteiger charge is 2.08. The molecule has 0 spiro atoms. The van der Waals surface area contributed by atoms with Crippen LogP contribution >= 0.6 is 0 Å². The fourth-order valence-electron chi connectivity index (χ4n) is 1.77. The number of rotatable bonds is 6. The first-order valence-corrected chi connectivity index (χ1v) is 6.81. The van der Waals surface area contributed by atoms with Crippen molar-refractivity contribution in [1.82, 2.24) is 5.32 Å². The third kappa shape index (κ3) is 4.63. The van der Waals surface area contributed by atoms with Gasteiger partial charge in [-0.3, -0.25) is 9.59 Å². The lowest BCUT2D eigenvalue weighted by Crippen LogP contribution is -2.30. The normalized spacial score (nSPS) is 9.86. The fraction of sp³-hybridized carbons (Fsp3) is 0.176. The van der Waals surface area contributed by atoms with E-state index in [1.165, 1.54) is 7.11 Å². The Labute approximate surface area is 128 Å².